The monoisotopic (exact) mass is 386 g/mol. The molecule has 2 aliphatic rings. The first kappa shape index (κ1) is 21.1. The third kappa shape index (κ3) is 3.75. The number of rotatable bonds is 5. The summed E-state index contributed by atoms with van der Waals surface area (Å²) in [5.74, 6) is -1.12. The molecule has 0 amide bonds. The van der Waals surface area contributed by atoms with E-state index in [1.807, 2.05) is 13.8 Å². The Morgan fingerprint density at radius 2 is 2.15 bits per heavy atom. The Balaban J connectivity index is 2.29. The average molecular weight is 387 g/mol. The maximum absolute atomic E-state index is 12.2. The maximum Gasteiger partial charge on any atom is 0.208 e. The summed E-state index contributed by atoms with van der Waals surface area (Å²) in [6.07, 6.45) is 2.88. The highest BCUT2D eigenvalue weighted by Crippen LogP contribution is 2.40. The number of Topliss-reactive ketones (excluding diaryl/α,β-unsaturated/α-hetero) is 1. The number of allylic oxidation sites excluding steroid dienone is 2. The summed E-state index contributed by atoms with van der Waals surface area (Å²) in [4.78, 5) is 12.2. The van der Waals surface area contributed by atoms with Gasteiger partial charge in [-0.2, -0.15) is 0 Å². The lowest BCUT2D eigenvalue weighted by Crippen LogP contribution is -2.55. The summed E-state index contributed by atoms with van der Waals surface area (Å²) < 4.78 is 5.56. The van der Waals surface area contributed by atoms with E-state index in [-0.39, 0.29) is 17.6 Å². The van der Waals surface area contributed by atoms with Gasteiger partial charge in [0.05, 0.1) is 17.7 Å². The molecule has 6 unspecified atom stereocenters. The third-order valence-corrected chi connectivity index (χ3v) is 5.75. The van der Waals surface area contributed by atoms with Gasteiger partial charge in [0.2, 0.25) is 5.78 Å². The smallest absolute Gasteiger partial charge is 0.208 e. The molecule has 6 atom stereocenters. The minimum Gasteiger partial charge on any atom is -0.493 e. The summed E-state index contributed by atoms with van der Waals surface area (Å²) in [5, 5.41) is 41.0. The van der Waals surface area contributed by atoms with Gasteiger partial charge in [-0.1, -0.05) is 31.9 Å². The van der Waals surface area contributed by atoms with Crippen molar-refractivity contribution >= 4 is 17.4 Å². The number of aliphatic hydroxyl groups is 4. The van der Waals surface area contributed by atoms with Crippen molar-refractivity contribution in [2.24, 2.45) is 11.8 Å². The second-order valence-electron chi connectivity index (χ2n) is 7.54. The number of carbonyl (C=O) groups is 1. The minimum absolute atomic E-state index is 0.0301. The van der Waals surface area contributed by atoms with E-state index >= 15 is 0 Å². The maximum atomic E-state index is 12.2. The second-order valence-corrected chi connectivity index (χ2v) is 7.92. The zero-order chi connectivity index (χ0) is 19.9. The number of hydrogen-bond donors (Lipinski definition) is 4. The molecule has 0 spiro atoms. The number of ether oxygens (including phenoxy) is 1. The Hall–Kier alpha value is -1.18. The van der Waals surface area contributed by atoms with Gasteiger partial charge in [0.1, 0.15) is 17.5 Å². The van der Waals surface area contributed by atoms with Crippen LogP contribution in [0, 0.1) is 11.8 Å². The molecule has 146 valence electrons. The van der Waals surface area contributed by atoms with Gasteiger partial charge >= 0.3 is 0 Å². The quantitative estimate of drug-likeness (QED) is 0.569. The standard InChI is InChI=1S/C19H27ClO6/c1-5-10(2)15(21)18(3,24)7-6-11-8-12-13(9-26-11)16(22)19(4,25)17(23)14(12)20/h6-8,10,13,15-16,21-22,24-25H,5,9H2,1-4H3. The lowest BCUT2D eigenvalue weighted by Gasteiger charge is -2.40. The molecular weight excluding hydrogens is 360 g/mol. The van der Waals surface area contributed by atoms with Gasteiger partial charge in [-0.15, -0.1) is 0 Å². The van der Waals surface area contributed by atoms with Crippen molar-refractivity contribution in [1.82, 2.24) is 0 Å². The van der Waals surface area contributed by atoms with Gasteiger partial charge in [-0.05, 0) is 43.6 Å². The van der Waals surface area contributed by atoms with Crippen LogP contribution < -0.4 is 0 Å². The van der Waals surface area contributed by atoms with Crippen LogP contribution in [0.2, 0.25) is 0 Å². The van der Waals surface area contributed by atoms with E-state index in [1.54, 1.807) is 0 Å². The van der Waals surface area contributed by atoms with E-state index in [2.05, 4.69) is 0 Å². The second kappa shape index (κ2) is 7.44. The number of ketones is 1. The SMILES string of the molecule is CCC(C)C(O)C(C)(O)C=CC1=CC2=C(Cl)C(=O)C(C)(O)C(O)C2CO1. The van der Waals surface area contributed by atoms with Crippen LogP contribution in [0.4, 0.5) is 0 Å². The molecule has 1 aliphatic heterocycles. The van der Waals surface area contributed by atoms with Crippen LogP contribution >= 0.6 is 11.6 Å². The van der Waals surface area contributed by atoms with Crippen molar-refractivity contribution in [2.45, 2.75) is 57.5 Å². The summed E-state index contributed by atoms with van der Waals surface area (Å²) in [6.45, 7) is 6.53. The Bertz CT molecular complexity index is 661. The van der Waals surface area contributed by atoms with E-state index in [9.17, 15) is 25.2 Å². The number of hydrogen-bond acceptors (Lipinski definition) is 6. The van der Waals surface area contributed by atoms with Gasteiger partial charge in [0, 0.05) is 5.92 Å². The Morgan fingerprint density at radius 3 is 2.73 bits per heavy atom. The highest BCUT2D eigenvalue weighted by atomic mass is 35.5. The fraction of sp³-hybridized carbons (Fsp3) is 0.632. The molecular formula is C19H27ClO6. The minimum atomic E-state index is -1.96. The zero-order valence-electron chi connectivity index (χ0n) is 15.4. The molecule has 0 fully saturated rings. The van der Waals surface area contributed by atoms with E-state index in [0.717, 1.165) is 0 Å². The molecule has 7 heteroatoms. The van der Waals surface area contributed by atoms with Gasteiger partial charge in [0.15, 0.2) is 5.60 Å². The highest BCUT2D eigenvalue weighted by Gasteiger charge is 2.50. The van der Waals surface area contributed by atoms with Crippen molar-refractivity contribution in [3.8, 4) is 0 Å². The molecule has 2 rings (SSSR count). The molecule has 0 radical (unpaired) electrons. The first-order valence-corrected chi connectivity index (χ1v) is 9.10. The normalized spacial score (nSPS) is 34.0. The fourth-order valence-corrected chi connectivity index (χ4v) is 3.58. The molecule has 1 aliphatic carbocycles. The number of halogens is 1. The Labute approximate surface area is 158 Å². The number of aliphatic hydroxyl groups excluding tert-OH is 2. The lowest BCUT2D eigenvalue weighted by atomic mass is 9.75. The van der Waals surface area contributed by atoms with Gasteiger partial charge in [-0.3, -0.25) is 4.79 Å². The Kier molecular flexibility index (Phi) is 6.05. The van der Waals surface area contributed by atoms with Crippen LogP contribution in [-0.2, 0) is 9.53 Å². The van der Waals surface area contributed by atoms with Gasteiger partial charge < -0.3 is 25.2 Å². The number of fused-ring (bicyclic) bond motifs is 1. The number of carbonyl (C=O) groups excluding carboxylic acids is 1. The van der Waals surface area contributed by atoms with Crippen molar-refractivity contribution in [1.29, 1.82) is 0 Å². The molecule has 0 bridgehead atoms. The first-order valence-electron chi connectivity index (χ1n) is 8.72. The summed E-state index contributed by atoms with van der Waals surface area (Å²) in [6, 6.07) is 0. The van der Waals surface area contributed by atoms with Crippen LogP contribution in [0.25, 0.3) is 0 Å². The topological polar surface area (TPSA) is 107 Å². The molecule has 0 aromatic carbocycles. The summed E-state index contributed by atoms with van der Waals surface area (Å²) in [7, 11) is 0. The van der Waals surface area contributed by atoms with E-state index in [1.165, 1.54) is 32.1 Å². The van der Waals surface area contributed by atoms with E-state index < -0.39 is 35.1 Å². The predicted octanol–water partition coefficient (Wildman–Crippen LogP) is 1.42. The molecule has 1 heterocycles. The first-order chi connectivity index (χ1) is 11.9. The molecule has 0 aromatic heterocycles. The predicted molar refractivity (Wildman–Crippen MR) is 97.3 cm³/mol. The largest absolute Gasteiger partial charge is 0.493 e. The molecule has 0 aromatic rings. The molecule has 26 heavy (non-hydrogen) atoms. The summed E-state index contributed by atoms with van der Waals surface area (Å²) >= 11 is 6.10. The zero-order valence-corrected chi connectivity index (χ0v) is 16.2. The van der Waals surface area contributed by atoms with Crippen LogP contribution in [-0.4, -0.2) is 56.2 Å². The molecule has 0 saturated heterocycles. The third-order valence-electron chi connectivity index (χ3n) is 5.36. The van der Waals surface area contributed by atoms with Crippen molar-refractivity contribution in [3.63, 3.8) is 0 Å². The van der Waals surface area contributed by atoms with Crippen LogP contribution in [0.1, 0.15) is 34.1 Å². The molecule has 4 N–H and O–H groups in total. The fourth-order valence-electron chi connectivity index (χ4n) is 3.19. The van der Waals surface area contributed by atoms with Crippen molar-refractivity contribution in [2.75, 3.05) is 6.61 Å². The van der Waals surface area contributed by atoms with Crippen LogP contribution in [0.5, 0.6) is 0 Å². The van der Waals surface area contributed by atoms with Crippen LogP contribution in [0.3, 0.4) is 0 Å². The molecule has 6 nitrogen and oxygen atoms in total. The van der Waals surface area contributed by atoms with Crippen molar-refractivity contribution < 1.29 is 30.0 Å². The Morgan fingerprint density at radius 1 is 1.54 bits per heavy atom. The summed E-state index contributed by atoms with van der Waals surface area (Å²) in [5.41, 5.74) is -3.02. The average Bonchev–Trinajstić information content (AvgIpc) is 2.61. The van der Waals surface area contributed by atoms with Crippen molar-refractivity contribution in [3.05, 3.63) is 34.6 Å². The van der Waals surface area contributed by atoms with E-state index in [0.29, 0.717) is 17.8 Å². The molecule has 0 saturated carbocycles. The lowest BCUT2D eigenvalue weighted by molar-refractivity contribution is -0.150. The van der Waals surface area contributed by atoms with Gasteiger partial charge in [-0.25, -0.2) is 0 Å². The van der Waals surface area contributed by atoms with Gasteiger partial charge in [0.25, 0.3) is 0 Å². The van der Waals surface area contributed by atoms with E-state index in [4.69, 9.17) is 16.3 Å². The highest BCUT2D eigenvalue weighted by molar-refractivity contribution is 6.44. The van der Waals surface area contributed by atoms with Crippen LogP contribution in [0.15, 0.2) is 34.6 Å².